The zero-order valence-corrected chi connectivity index (χ0v) is 14.4. The first-order chi connectivity index (χ1) is 11.0. The highest BCUT2D eigenvalue weighted by Gasteiger charge is 2.27. The van der Waals surface area contributed by atoms with Gasteiger partial charge in [-0.1, -0.05) is 0 Å². The molecule has 3 rings (SSSR count). The van der Waals surface area contributed by atoms with Gasteiger partial charge in [-0.05, 0) is 56.5 Å². The first kappa shape index (κ1) is 15.6. The summed E-state index contributed by atoms with van der Waals surface area (Å²) in [6, 6.07) is 6.36. The number of ether oxygens (including phenoxy) is 2. The van der Waals surface area contributed by atoms with Gasteiger partial charge in [-0.15, -0.1) is 0 Å². The Hall–Kier alpha value is -2.30. The number of rotatable bonds is 3. The Morgan fingerprint density at radius 3 is 2.22 bits per heavy atom. The van der Waals surface area contributed by atoms with Crippen LogP contribution in [-0.2, 0) is 6.42 Å². The van der Waals surface area contributed by atoms with Crippen LogP contribution in [0.4, 0.5) is 5.95 Å². The van der Waals surface area contributed by atoms with Gasteiger partial charge < -0.3 is 14.4 Å². The van der Waals surface area contributed by atoms with Crippen LogP contribution in [0.25, 0.3) is 0 Å². The average Bonchev–Trinajstić information content (AvgIpc) is 2.53. The summed E-state index contributed by atoms with van der Waals surface area (Å²) in [7, 11) is 3.34. The minimum atomic E-state index is 0.194. The second-order valence-electron chi connectivity index (χ2n) is 5.98. The van der Waals surface area contributed by atoms with Gasteiger partial charge >= 0.3 is 0 Å². The number of nitrogens with zero attached hydrogens (tertiary/aromatic N) is 3. The molecule has 1 aromatic heterocycles. The highest BCUT2D eigenvalue weighted by Crippen LogP contribution is 2.38. The first-order valence-electron chi connectivity index (χ1n) is 7.87. The van der Waals surface area contributed by atoms with Crippen LogP contribution in [0.2, 0.25) is 0 Å². The van der Waals surface area contributed by atoms with Gasteiger partial charge in [0.1, 0.15) is 0 Å². The minimum Gasteiger partial charge on any atom is -0.493 e. The van der Waals surface area contributed by atoms with Crippen molar-refractivity contribution >= 4 is 5.95 Å². The Bertz CT molecular complexity index is 710. The predicted octanol–water partition coefficient (Wildman–Crippen LogP) is 3.23. The summed E-state index contributed by atoms with van der Waals surface area (Å²) >= 11 is 0. The third kappa shape index (κ3) is 2.83. The molecule has 0 spiro atoms. The van der Waals surface area contributed by atoms with Crippen LogP contribution in [0, 0.1) is 13.8 Å². The number of anilines is 1. The van der Waals surface area contributed by atoms with Gasteiger partial charge in [-0.2, -0.15) is 0 Å². The van der Waals surface area contributed by atoms with Crippen molar-refractivity contribution < 1.29 is 9.47 Å². The molecule has 1 unspecified atom stereocenters. The molecule has 1 atom stereocenters. The lowest BCUT2D eigenvalue weighted by molar-refractivity contribution is 0.353. The van der Waals surface area contributed by atoms with E-state index in [1.165, 1.54) is 11.1 Å². The van der Waals surface area contributed by atoms with E-state index in [4.69, 9.17) is 9.47 Å². The van der Waals surface area contributed by atoms with E-state index in [9.17, 15) is 0 Å². The number of aromatic nitrogens is 2. The van der Waals surface area contributed by atoms with Crippen molar-refractivity contribution in [1.29, 1.82) is 0 Å². The van der Waals surface area contributed by atoms with Gasteiger partial charge in [0.05, 0.1) is 20.3 Å². The second kappa shape index (κ2) is 6.07. The molecule has 0 saturated carbocycles. The molecule has 122 valence electrons. The molecule has 0 amide bonds. The highest BCUT2D eigenvalue weighted by atomic mass is 16.5. The van der Waals surface area contributed by atoms with Gasteiger partial charge in [0, 0.05) is 17.9 Å². The predicted molar refractivity (Wildman–Crippen MR) is 90.5 cm³/mol. The number of hydrogen-bond acceptors (Lipinski definition) is 5. The molecule has 5 heteroatoms. The molecule has 0 N–H and O–H groups in total. The van der Waals surface area contributed by atoms with E-state index in [1.807, 2.05) is 19.9 Å². The Morgan fingerprint density at radius 1 is 1.00 bits per heavy atom. The summed E-state index contributed by atoms with van der Waals surface area (Å²) < 4.78 is 10.9. The van der Waals surface area contributed by atoms with E-state index in [0.717, 1.165) is 41.8 Å². The highest BCUT2D eigenvalue weighted by molar-refractivity contribution is 5.52. The Balaban J connectivity index is 2.01. The molecular weight excluding hydrogens is 290 g/mol. The number of aryl methyl sites for hydroxylation is 2. The fraction of sp³-hybridized carbons (Fsp3) is 0.444. The third-order valence-corrected chi connectivity index (χ3v) is 4.41. The van der Waals surface area contributed by atoms with Crippen molar-refractivity contribution in [2.24, 2.45) is 0 Å². The first-order valence-corrected chi connectivity index (χ1v) is 7.87. The van der Waals surface area contributed by atoms with Crippen LogP contribution >= 0.6 is 0 Å². The lowest BCUT2D eigenvalue weighted by atomic mass is 9.93. The number of hydrogen-bond donors (Lipinski definition) is 0. The lowest BCUT2D eigenvalue weighted by Gasteiger charge is -2.36. The van der Waals surface area contributed by atoms with Crippen molar-refractivity contribution in [3.63, 3.8) is 0 Å². The zero-order valence-electron chi connectivity index (χ0n) is 14.4. The van der Waals surface area contributed by atoms with Gasteiger partial charge in [0.25, 0.3) is 0 Å². The van der Waals surface area contributed by atoms with Crippen LogP contribution in [0.5, 0.6) is 11.5 Å². The average molecular weight is 313 g/mol. The number of benzene rings is 1. The summed E-state index contributed by atoms with van der Waals surface area (Å²) in [6.45, 7) is 7.10. The third-order valence-electron chi connectivity index (χ3n) is 4.41. The molecule has 1 aromatic carbocycles. The maximum atomic E-state index is 5.46. The van der Waals surface area contributed by atoms with E-state index in [1.54, 1.807) is 14.2 Å². The molecule has 0 saturated heterocycles. The van der Waals surface area contributed by atoms with Gasteiger partial charge in [-0.25, -0.2) is 9.97 Å². The largest absolute Gasteiger partial charge is 0.493 e. The maximum Gasteiger partial charge on any atom is 0.226 e. The van der Waals surface area contributed by atoms with E-state index < -0.39 is 0 Å². The molecule has 0 aliphatic carbocycles. The van der Waals surface area contributed by atoms with Crippen molar-refractivity contribution in [2.75, 3.05) is 25.7 Å². The number of methoxy groups -OCH3 is 2. The van der Waals surface area contributed by atoms with Crippen molar-refractivity contribution in [2.45, 2.75) is 33.2 Å². The van der Waals surface area contributed by atoms with Gasteiger partial charge in [0.15, 0.2) is 11.5 Å². The SMILES string of the molecule is COc1cc2c(cc1OC)C(C)N(c1nc(C)cc(C)n1)CC2. The fourth-order valence-electron chi connectivity index (χ4n) is 3.25. The summed E-state index contributed by atoms with van der Waals surface area (Å²) in [4.78, 5) is 11.5. The molecule has 5 nitrogen and oxygen atoms in total. The quantitative estimate of drug-likeness (QED) is 0.870. The van der Waals surface area contributed by atoms with Crippen LogP contribution in [0.15, 0.2) is 18.2 Å². The maximum absolute atomic E-state index is 5.46. The van der Waals surface area contributed by atoms with E-state index in [-0.39, 0.29) is 6.04 Å². The van der Waals surface area contributed by atoms with E-state index in [2.05, 4.69) is 33.9 Å². The van der Waals surface area contributed by atoms with E-state index in [0.29, 0.717) is 0 Å². The molecular formula is C18H23N3O2. The van der Waals surface area contributed by atoms with Crippen LogP contribution in [0.1, 0.15) is 35.5 Å². The fourth-order valence-corrected chi connectivity index (χ4v) is 3.25. The summed E-state index contributed by atoms with van der Waals surface area (Å²) in [5.74, 6) is 2.35. The Kier molecular flexibility index (Phi) is 4.11. The smallest absolute Gasteiger partial charge is 0.226 e. The molecule has 0 bridgehead atoms. The Labute approximate surface area is 137 Å². The number of fused-ring (bicyclic) bond motifs is 1. The van der Waals surface area contributed by atoms with Gasteiger partial charge in [0.2, 0.25) is 5.95 Å². The molecule has 1 aliphatic rings. The van der Waals surface area contributed by atoms with Crippen molar-refractivity contribution in [3.05, 3.63) is 40.7 Å². The summed E-state index contributed by atoms with van der Waals surface area (Å²) in [5, 5.41) is 0. The molecule has 2 aromatic rings. The normalized spacial score (nSPS) is 16.9. The Morgan fingerprint density at radius 2 is 1.61 bits per heavy atom. The summed E-state index contributed by atoms with van der Waals surface area (Å²) in [6.07, 6.45) is 0.941. The van der Waals surface area contributed by atoms with Crippen LogP contribution < -0.4 is 14.4 Å². The standard InChI is InChI=1S/C18H23N3O2/c1-11-8-12(2)20-18(19-11)21-7-6-14-9-16(22-4)17(23-5)10-15(14)13(21)3/h8-10,13H,6-7H2,1-5H3. The zero-order chi connectivity index (χ0) is 16.6. The molecule has 0 fully saturated rings. The molecule has 1 aliphatic heterocycles. The van der Waals surface area contributed by atoms with Crippen molar-refractivity contribution in [1.82, 2.24) is 9.97 Å². The monoisotopic (exact) mass is 313 g/mol. The van der Waals surface area contributed by atoms with Crippen molar-refractivity contribution in [3.8, 4) is 11.5 Å². The molecule has 23 heavy (non-hydrogen) atoms. The lowest BCUT2D eigenvalue weighted by Crippen LogP contribution is -2.35. The summed E-state index contributed by atoms with van der Waals surface area (Å²) in [5.41, 5.74) is 4.54. The van der Waals surface area contributed by atoms with E-state index >= 15 is 0 Å². The minimum absolute atomic E-state index is 0.194. The molecule has 0 radical (unpaired) electrons. The molecule has 2 heterocycles. The topological polar surface area (TPSA) is 47.5 Å². The van der Waals surface area contributed by atoms with Gasteiger partial charge in [-0.3, -0.25) is 0 Å². The van der Waals surface area contributed by atoms with Crippen LogP contribution in [-0.4, -0.2) is 30.7 Å². The van der Waals surface area contributed by atoms with Crippen LogP contribution in [0.3, 0.4) is 0 Å². The second-order valence-corrected chi connectivity index (χ2v) is 5.98.